The molecule has 1 aromatic heterocycles. The molecule has 0 aliphatic heterocycles. The molecule has 0 bridgehead atoms. The maximum atomic E-state index is 13.0. The summed E-state index contributed by atoms with van der Waals surface area (Å²) in [6, 6.07) is 6.52. The smallest absolute Gasteiger partial charge is 0.141 e. The van der Waals surface area contributed by atoms with Gasteiger partial charge < -0.3 is 9.67 Å². The average molecular weight is 254 g/mol. The standard InChI is InChI=1S/C13H13ClFNO/c1-9(17)11-4-5-16(8-11)7-10-2-3-13(15)12(14)6-10/h2-6,8-9,17H,7H2,1H3. The highest BCUT2D eigenvalue weighted by molar-refractivity contribution is 6.30. The second kappa shape index (κ2) is 4.90. The molecule has 90 valence electrons. The Bertz CT molecular complexity index is 522. The van der Waals surface area contributed by atoms with E-state index in [1.807, 2.05) is 23.0 Å². The van der Waals surface area contributed by atoms with Crippen LogP contribution in [0.15, 0.2) is 36.7 Å². The van der Waals surface area contributed by atoms with Gasteiger partial charge in [-0.3, -0.25) is 0 Å². The summed E-state index contributed by atoms with van der Waals surface area (Å²) in [6.45, 7) is 2.32. The van der Waals surface area contributed by atoms with Crippen LogP contribution < -0.4 is 0 Å². The molecule has 0 aliphatic carbocycles. The van der Waals surface area contributed by atoms with Crippen LogP contribution in [0.2, 0.25) is 5.02 Å². The number of hydrogen-bond acceptors (Lipinski definition) is 1. The van der Waals surface area contributed by atoms with E-state index in [9.17, 15) is 9.50 Å². The van der Waals surface area contributed by atoms with Crippen molar-refractivity contribution >= 4 is 11.6 Å². The van der Waals surface area contributed by atoms with Gasteiger partial charge in [-0.25, -0.2) is 4.39 Å². The van der Waals surface area contributed by atoms with Crippen LogP contribution in [-0.2, 0) is 6.54 Å². The summed E-state index contributed by atoms with van der Waals surface area (Å²) in [6.07, 6.45) is 3.26. The number of hydrogen-bond donors (Lipinski definition) is 1. The molecule has 1 N–H and O–H groups in total. The first-order valence-electron chi connectivity index (χ1n) is 5.34. The molecule has 17 heavy (non-hydrogen) atoms. The molecule has 4 heteroatoms. The maximum absolute atomic E-state index is 13.0. The summed E-state index contributed by atoms with van der Waals surface area (Å²) in [7, 11) is 0. The zero-order valence-electron chi connectivity index (χ0n) is 9.40. The van der Waals surface area contributed by atoms with E-state index in [1.165, 1.54) is 6.07 Å². The average Bonchev–Trinajstić information content (AvgIpc) is 2.72. The number of nitrogens with zero attached hydrogens (tertiary/aromatic N) is 1. The van der Waals surface area contributed by atoms with Crippen LogP contribution in [-0.4, -0.2) is 9.67 Å². The van der Waals surface area contributed by atoms with Crippen LogP contribution in [0.1, 0.15) is 24.2 Å². The van der Waals surface area contributed by atoms with E-state index < -0.39 is 11.9 Å². The van der Waals surface area contributed by atoms with E-state index in [-0.39, 0.29) is 5.02 Å². The summed E-state index contributed by atoms with van der Waals surface area (Å²) < 4.78 is 14.9. The lowest BCUT2D eigenvalue weighted by molar-refractivity contribution is 0.199. The van der Waals surface area contributed by atoms with Gasteiger partial charge in [0.05, 0.1) is 11.1 Å². The Morgan fingerprint density at radius 1 is 1.41 bits per heavy atom. The summed E-state index contributed by atoms with van der Waals surface area (Å²) in [5.41, 5.74) is 1.78. The van der Waals surface area contributed by atoms with Gasteiger partial charge in [-0.2, -0.15) is 0 Å². The molecule has 0 fully saturated rings. The van der Waals surface area contributed by atoms with Gasteiger partial charge in [-0.1, -0.05) is 17.7 Å². The van der Waals surface area contributed by atoms with Crippen molar-refractivity contribution in [2.45, 2.75) is 19.6 Å². The Kier molecular flexibility index (Phi) is 3.50. The number of aliphatic hydroxyl groups excluding tert-OH is 1. The minimum atomic E-state index is -0.479. The van der Waals surface area contributed by atoms with Crippen molar-refractivity contribution < 1.29 is 9.50 Å². The fraction of sp³-hybridized carbons (Fsp3) is 0.231. The third kappa shape index (κ3) is 2.87. The minimum absolute atomic E-state index is 0.130. The Morgan fingerprint density at radius 2 is 2.18 bits per heavy atom. The molecule has 0 aliphatic rings. The normalized spacial score (nSPS) is 12.7. The highest BCUT2D eigenvalue weighted by Crippen LogP contribution is 2.18. The second-order valence-electron chi connectivity index (χ2n) is 4.04. The van der Waals surface area contributed by atoms with E-state index in [0.29, 0.717) is 6.54 Å². The molecule has 0 amide bonds. The van der Waals surface area contributed by atoms with Crippen LogP contribution in [0.5, 0.6) is 0 Å². The Morgan fingerprint density at radius 3 is 2.76 bits per heavy atom. The summed E-state index contributed by atoms with van der Waals surface area (Å²) in [5, 5.41) is 9.53. The van der Waals surface area contributed by atoms with Crippen LogP contribution in [0.3, 0.4) is 0 Å². The lowest BCUT2D eigenvalue weighted by atomic mass is 10.2. The molecule has 2 nitrogen and oxygen atoms in total. The molecule has 0 saturated carbocycles. The van der Waals surface area contributed by atoms with Gasteiger partial charge >= 0.3 is 0 Å². The van der Waals surface area contributed by atoms with Gasteiger partial charge in [0.2, 0.25) is 0 Å². The van der Waals surface area contributed by atoms with Crippen LogP contribution in [0, 0.1) is 5.82 Å². The number of rotatable bonds is 3. The van der Waals surface area contributed by atoms with Crippen molar-refractivity contribution in [2.24, 2.45) is 0 Å². The summed E-state index contributed by atoms with van der Waals surface area (Å²) in [4.78, 5) is 0. The van der Waals surface area contributed by atoms with E-state index >= 15 is 0 Å². The van der Waals surface area contributed by atoms with Crippen LogP contribution in [0.25, 0.3) is 0 Å². The molecule has 1 atom stereocenters. The van der Waals surface area contributed by atoms with Crippen LogP contribution >= 0.6 is 11.6 Å². The third-order valence-corrected chi connectivity index (χ3v) is 2.89. The van der Waals surface area contributed by atoms with Crippen molar-refractivity contribution in [3.05, 3.63) is 58.6 Å². The lowest BCUT2D eigenvalue weighted by Crippen LogP contribution is -1.97. The largest absolute Gasteiger partial charge is 0.389 e. The van der Waals surface area contributed by atoms with Crippen molar-refractivity contribution in [3.8, 4) is 0 Å². The first-order chi connectivity index (χ1) is 8.06. The summed E-state index contributed by atoms with van der Waals surface area (Å²) in [5.74, 6) is -0.410. The molecular formula is C13H13ClFNO. The van der Waals surface area contributed by atoms with Gasteiger partial charge in [0.25, 0.3) is 0 Å². The quantitative estimate of drug-likeness (QED) is 0.891. The molecule has 0 spiro atoms. The fourth-order valence-electron chi connectivity index (χ4n) is 1.65. The molecule has 2 rings (SSSR count). The molecule has 1 heterocycles. The Labute approximate surface area is 104 Å². The van der Waals surface area contributed by atoms with Crippen LogP contribution in [0.4, 0.5) is 4.39 Å². The van der Waals surface area contributed by atoms with Gasteiger partial charge in [0.1, 0.15) is 5.82 Å². The van der Waals surface area contributed by atoms with E-state index in [2.05, 4.69) is 0 Å². The molecule has 2 aromatic rings. The minimum Gasteiger partial charge on any atom is -0.389 e. The van der Waals surface area contributed by atoms with Crippen molar-refractivity contribution in [1.29, 1.82) is 0 Å². The maximum Gasteiger partial charge on any atom is 0.141 e. The first kappa shape index (κ1) is 12.1. The Hall–Kier alpha value is -1.32. The number of aliphatic hydroxyl groups is 1. The molecule has 0 radical (unpaired) electrons. The lowest BCUT2D eigenvalue weighted by Gasteiger charge is -2.05. The monoisotopic (exact) mass is 253 g/mol. The SMILES string of the molecule is CC(O)c1ccn(Cc2ccc(F)c(Cl)c2)c1. The van der Waals surface area contributed by atoms with E-state index in [0.717, 1.165) is 11.1 Å². The topological polar surface area (TPSA) is 25.2 Å². The van der Waals surface area contributed by atoms with Gasteiger partial charge in [-0.05, 0) is 36.2 Å². The van der Waals surface area contributed by atoms with Gasteiger partial charge in [0.15, 0.2) is 0 Å². The highest BCUT2D eigenvalue weighted by Gasteiger charge is 2.04. The van der Waals surface area contributed by atoms with Crippen molar-refractivity contribution in [3.63, 3.8) is 0 Å². The first-order valence-corrected chi connectivity index (χ1v) is 5.72. The zero-order valence-corrected chi connectivity index (χ0v) is 10.2. The zero-order chi connectivity index (χ0) is 12.4. The highest BCUT2D eigenvalue weighted by atomic mass is 35.5. The van der Waals surface area contributed by atoms with E-state index in [4.69, 9.17) is 11.6 Å². The van der Waals surface area contributed by atoms with Crippen molar-refractivity contribution in [1.82, 2.24) is 4.57 Å². The molecule has 1 aromatic carbocycles. The van der Waals surface area contributed by atoms with Gasteiger partial charge in [0, 0.05) is 18.9 Å². The number of benzene rings is 1. The van der Waals surface area contributed by atoms with Crippen molar-refractivity contribution in [2.75, 3.05) is 0 Å². The number of halogens is 2. The third-order valence-electron chi connectivity index (χ3n) is 2.60. The molecule has 1 unspecified atom stereocenters. The number of aromatic nitrogens is 1. The molecule has 0 saturated heterocycles. The van der Waals surface area contributed by atoms with Gasteiger partial charge in [-0.15, -0.1) is 0 Å². The Balaban J connectivity index is 2.16. The molecular weight excluding hydrogens is 241 g/mol. The fourth-order valence-corrected chi connectivity index (χ4v) is 1.86. The predicted octanol–water partition coefficient (Wildman–Crippen LogP) is 3.38. The van der Waals surface area contributed by atoms with E-state index in [1.54, 1.807) is 19.1 Å². The summed E-state index contributed by atoms with van der Waals surface area (Å²) >= 11 is 5.71. The predicted molar refractivity (Wildman–Crippen MR) is 65.6 cm³/mol. The second-order valence-corrected chi connectivity index (χ2v) is 4.45.